The summed E-state index contributed by atoms with van der Waals surface area (Å²) < 4.78 is 26.3. The molecule has 0 atom stereocenters. The number of hydrogen-bond acceptors (Lipinski definition) is 2. The highest BCUT2D eigenvalue weighted by Gasteiger charge is 2.05. The molecule has 0 aromatic heterocycles. The van der Waals surface area contributed by atoms with Crippen LogP contribution in [-0.4, -0.2) is 8.42 Å². The minimum absolute atomic E-state index is 0.209. The highest BCUT2D eigenvalue weighted by molar-refractivity contribution is 7.92. The summed E-state index contributed by atoms with van der Waals surface area (Å²) in [5, 5.41) is 1.75. The van der Waals surface area contributed by atoms with Crippen LogP contribution in [0, 0.1) is 6.92 Å². The quantitative estimate of drug-likeness (QED) is 0.912. The fourth-order valence-electron chi connectivity index (χ4n) is 1.72. The Kier molecular flexibility index (Phi) is 5.17. The number of sulfonamides is 1. The number of benzene rings is 2. The van der Waals surface area contributed by atoms with Gasteiger partial charge in [-0.25, -0.2) is 13.1 Å². The Balaban J connectivity index is 2.00. The van der Waals surface area contributed by atoms with Gasteiger partial charge in [0.05, 0.1) is 0 Å². The van der Waals surface area contributed by atoms with E-state index in [-0.39, 0.29) is 6.54 Å². The third kappa shape index (κ3) is 5.34. The lowest BCUT2D eigenvalue weighted by atomic mass is 10.2. The monoisotopic (exact) mass is 321 g/mol. The van der Waals surface area contributed by atoms with E-state index in [1.165, 1.54) is 5.41 Å². The molecule has 3 nitrogen and oxygen atoms in total. The maximum Gasteiger partial charge on any atom is 0.234 e. The second-order valence-electron chi connectivity index (χ2n) is 4.71. The summed E-state index contributed by atoms with van der Waals surface area (Å²) in [6.45, 7) is 2.19. The lowest BCUT2D eigenvalue weighted by Crippen LogP contribution is -2.20. The Bertz CT molecular complexity index is 737. The molecule has 0 aliphatic heterocycles. The molecule has 0 radical (unpaired) electrons. The summed E-state index contributed by atoms with van der Waals surface area (Å²) in [6.07, 6.45) is 1.57. The molecule has 0 aliphatic rings. The number of halogens is 1. The smallest absolute Gasteiger partial charge is 0.208 e. The summed E-state index contributed by atoms with van der Waals surface area (Å²) in [5.41, 5.74) is 2.79. The standard InChI is InChI=1S/C16H16ClNO2S/c1-13-5-7-14(8-6-13)9-10-21(19,20)18-12-15-3-2-4-16(17)11-15/h2-11,18H,12H2,1H3/b10-9+. The molecule has 0 amide bonds. The van der Waals surface area contributed by atoms with Crippen molar-refractivity contribution in [2.45, 2.75) is 13.5 Å². The van der Waals surface area contributed by atoms with Gasteiger partial charge in [-0.2, -0.15) is 0 Å². The predicted molar refractivity (Wildman–Crippen MR) is 87.4 cm³/mol. The van der Waals surface area contributed by atoms with Crippen molar-refractivity contribution in [3.63, 3.8) is 0 Å². The Hall–Kier alpha value is -1.62. The van der Waals surface area contributed by atoms with Crippen LogP contribution >= 0.6 is 11.6 Å². The van der Waals surface area contributed by atoms with Crippen LogP contribution < -0.4 is 4.72 Å². The van der Waals surface area contributed by atoms with Gasteiger partial charge in [-0.3, -0.25) is 0 Å². The maximum atomic E-state index is 11.9. The Morgan fingerprint density at radius 1 is 1.14 bits per heavy atom. The van der Waals surface area contributed by atoms with Crippen LogP contribution in [0.25, 0.3) is 6.08 Å². The molecule has 0 unspecified atom stereocenters. The van der Waals surface area contributed by atoms with Gasteiger partial charge in [-0.05, 0) is 36.3 Å². The van der Waals surface area contributed by atoms with E-state index in [0.29, 0.717) is 5.02 Å². The van der Waals surface area contributed by atoms with E-state index in [4.69, 9.17) is 11.6 Å². The molecule has 0 bridgehead atoms. The maximum absolute atomic E-state index is 11.9. The lowest BCUT2D eigenvalue weighted by molar-refractivity contribution is 0.591. The van der Waals surface area contributed by atoms with Crippen LogP contribution in [0.3, 0.4) is 0 Å². The average Bonchev–Trinajstić information content (AvgIpc) is 2.45. The van der Waals surface area contributed by atoms with Gasteiger partial charge in [0.2, 0.25) is 10.0 Å². The first-order valence-corrected chi connectivity index (χ1v) is 8.36. The molecule has 2 rings (SSSR count). The molecule has 5 heteroatoms. The molecule has 1 N–H and O–H groups in total. The summed E-state index contributed by atoms with van der Waals surface area (Å²) in [7, 11) is -3.47. The van der Waals surface area contributed by atoms with Crippen molar-refractivity contribution in [3.05, 3.63) is 75.7 Å². The van der Waals surface area contributed by atoms with Crippen molar-refractivity contribution in [1.29, 1.82) is 0 Å². The second kappa shape index (κ2) is 6.89. The van der Waals surface area contributed by atoms with Gasteiger partial charge in [0.15, 0.2) is 0 Å². The van der Waals surface area contributed by atoms with Gasteiger partial charge in [-0.15, -0.1) is 0 Å². The van der Waals surface area contributed by atoms with E-state index < -0.39 is 10.0 Å². The first kappa shape index (κ1) is 15.8. The van der Waals surface area contributed by atoms with Gasteiger partial charge < -0.3 is 0 Å². The third-order valence-electron chi connectivity index (χ3n) is 2.88. The highest BCUT2D eigenvalue weighted by Crippen LogP contribution is 2.11. The van der Waals surface area contributed by atoms with Crippen LogP contribution in [0.4, 0.5) is 0 Å². The van der Waals surface area contributed by atoms with Crippen LogP contribution in [-0.2, 0) is 16.6 Å². The Labute approximate surface area is 130 Å². The SMILES string of the molecule is Cc1ccc(/C=C/S(=O)(=O)NCc2cccc(Cl)c2)cc1. The zero-order valence-corrected chi connectivity index (χ0v) is 13.2. The normalized spacial score (nSPS) is 11.9. The van der Waals surface area contributed by atoms with Gasteiger partial charge >= 0.3 is 0 Å². The van der Waals surface area contributed by atoms with Crippen LogP contribution in [0.1, 0.15) is 16.7 Å². The fraction of sp³-hybridized carbons (Fsp3) is 0.125. The third-order valence-corrected chi connectivity index (χ3v) is 4.16. The molecule has 110 valence electrons. The molecule has 2 aromatic rings. The van der Waals surface area contributed by atoms with Gasteiger partial charge in [0.25, 0.3) is 0 Å². The average molecular weight is 322 g/mol. The molecule has 0 aliphatic carbocycles. The van der Waals surface area contributed by atoms with E-state index in [0.717, 1.165) is 16.7 Å². The molecule has 0 saturated heterocycles. The van der Waals surface area contributed by atoms with E-state index in [1.54, 1.807) is 24.3 Å². The highest BCUT2D eigenvalue weighted by atomic mass is 35.5. The molecular weight excluding hydrogens is 306 g/mol. The summed E-state index contributed by atoms with van der Waals surface area (Å²) in [5.74, 6) is 0. The number of hydrogen-bond donors (Lipinski definition) is 1. The van der Waals surface area contributed by atoms with Crippen molar-refractivity contribution in [2.75, 3.05) is 0 Å². The zero-order chi connectivity index (χ0) is 15.3. The zero-order valence-electron chi connectivity index (χ0n) is 11.6. The van der Waals surface area contributed by atoms with E-state index in [2.05, 4.69) is 4.72 Å². The fourth-order valence-corrected chi connectivity index (χ4v) is 2.74. The molecule has 0 fully saturated rings. The van der Waals surface area contributed by atoms with Crippen molar-refractivity contribution in [2.24, 2.45) is 0 Å². The van der Waals surface area contributed by atoms with Crippen LogP contribution in [0.5, 0.6) is 0 Å². The topological polar surface area (TPSA) is 46.2 Å². The largest absolute Gasteiger partial charge is 0.234 e. The molecule has 0 spiro atoms. The number of nitrogens with one attached hydrogen (secondary N) is 1. The van der Waals surface area contributed by atoms with Crippen molar-refractivity contribution < 1.29 is 8.42 Å². The van der Waals surface area contributed by atoms with Gasteiger partial charge in [0, 0.05) is 17.0 Å². The van der Waals surface area contributed by atoms with E-state index in [1.807, 2.05) is 37.3 Å². The molecule has 0 heterocycles. The minimum Gasteiger partial charge on any atom is -0.208 e. The first-order chi connectivity index (χ1) is 9.94. The predicted octanol–water partition coefficient (Wildman–Crippen LogP) is 3.74. The summed E-state index contributed by atoms with van der Waals surface area (Å²) in [6, 6.07) is 14.7. The molecule has 21 heavy (non-hydrogen) atoms. The summed E-state index contributed by atoms with van der Waals surface area (Å²) >= 11 is 5.86. The van der Waals surface area contributed by atoms with E-state index >= 15 is 0 Å². The lowest BCUT2D eigenvalue weighted by Gasteiger charge is -2.03. The van der Waals surface area contributed by atoms with Crippen LogP contribution in [0.2, 0.25) is 5.02 Å². The van der Waals surface area contributed by atoms with Crippen molar-refractivity contribution >= 4 is 27.7 Å². The summed E-state index contributed by atoms with van der Waals surface area (Å²) in [4.78, 5) is 0. The Morgan fingerprint density at radius 3 is 2.52 bits per heavy atom. The van der Waals surface area contributed by atoms with Gasteiger partial charge in [0.1, 0.15) is 0 Å². The Morgan fingerprint density at radius 2 is 1.86 bits per heavy atom. The molecule has 2 aromatic carbocycles. The second-order valence-corrected chi connectivity index (χ2v) is 6.80. The molecule has 0 saturated carbocycles. The van der Waals surface area contributed by atoms with Gasteiger partial charge in [-0.1, -0.05) is 53.6 Å². The molecular formula is C16H16ClNO2S. The van der Waals surface area contributed by atoms with Crippen molar-refractivity contribution in [1.82, 2.24) is 4.72 Å². The first-order valence-electron chi connectivity index (χ1n) is 6.43. The van der Waals surface area contributed by atoms with E-state index in [9.17, 15) is 8.42 Å². The number of aryl methyl sites for hydroxylation is 1. The van der Waals surface area contributed by atoms with Crippen LogP contribution in [0.15, 0.2) is 53.9 Å². The van der Waals surface area contributed by atoms with Crippen molar-refractivity contribution in [3.8, 4) is 0 Å². The minimum atomic E-state index is -3.47. The number of rotatable bonds is 5.